The molecule has 1 aliphatic rings. The number of rotatable bonds is 6. The minimum atomic E-state index is -0.437. The smallest absolute Gasteiger partial charge is 0.306 e. The molecule has 0 radical (unpaired) electrons. The number of carbonyl (C=O) groups excluding carboxylic acids is 3. The van der Waals surface area contributed by atoms with Gasteiger partial charge in [0.05, 0.1) is 5.69 Å². The van der Waals surface area contributed by atoms with E-state index >= 15 is 0 Å². The maximum absolute atomic E-state index is 11.8. The zero-order valence-electron chi connectivity index (χ0n) is 12.8. The van der Waals surface area contributed by atoms with Crippen molar-refractivity contribution in [2.24, 2.45) is 5.92 Å². The van der Waals surface area contributed by atoms with Gasteiger partial charge in [-0.2, -0.15) is 0 Å². The molecule has 1 aromatic carbocycles. The molecule has 5 nitrogen and oxygen atoms in total. The van der Waals surface area contributed by atoms with Crippen LogP contribution in [-0.2, 0) is 14.3 Å². The van der Waals surface area contributed by atoms with Gasteiger partial charge >= 0.3 is 5.97 Å². The largest absolute Gasteiger partial charge is 0.456 e. The second-order valence-corrected chi connectivity index (χ2v) is 5.67. The van der Waals surface area contributed by atoms with Crippen molar-refractivity contribution in [3.05, 3.63) is 29.8 Å². The van der Waals surface area contributed by atoms with Crippen molar-refractivity contribution in [2.45, 2.75) is 39.0 Å². The second-order valence-electron chi connectivity index (χ2n) is 5.67. The van der Waals surface area contributed by atoms with Gasteiger partial charge in [0.1, 0.15) is 0 Å². The Kier molecular flexibility index (Phi) is 5.69. The Balaban J connectivity index is 1.80. The summed E-state index contributed by atoms with van der Waals surface area (Å²) in [5.41, 5.74) is 0.875. The zero-order valence-corrected chi connectivity index (χ0v) is 12.8. The van der Waals surface area contributed by atoms with Crippen LogP contribution < -0.4 is 5.32 Å². The van der Waals surface area contributed by atoms with Gasteiger partial charge in [0.25, 0.3) is 5.91 Å². The number of anilines is 1. The van der Waals surface area contributed by atoms with Crippen molar-refractivity contribution in [3.8, 4) is 0 Å². The van der Waals surface area contributed by atoms with Crippen LogP contribution in [0.5, 0.6) is 0 Å². The molecule has 2 rings (SSSR count). The average molecular weight is 303 g/mol. The number of hydrogen-bond acceptors (Lipinski definition) is 4. The van der Waals surface area contributed by atoms with Crippen LogP contribution in [0, 0.1) is 5.92 Å². The lowest BCUT2D eigenvalue weighted by molar-refractivity contribution is -0.148. The molecule has 0 unspecified atom stereocenters. The van der Waals surface area contributed by atoms with Gasteiger partial charge in [-0.05, 0) is 37.8 Å². The van der Waals surface area contributed by atoms with Gasteiger partial charge in [-0.25, -0.2) is 0 Å². The third-order valence-electron chi connectivity index (χ3n) is 3.87. The van der Waals surface area contributed by atoms with Crippen molar-refractivity contribution in [3.63, 3.8) is 0 Å². The highest BCUT2D eigenvalue weighted by atomic mass is 16.5. The third-order valence-corrected chi connectivity index (χ3v) is 3.87. The molecule has 22 heavy (non-hydrogen) atoms. The normalized spacial score (nSPS) is 14.6. The Morgan fingerprint density at radius 2 is 1.86 bits per heavy atom. The van der Waals surface area contributed by atoms with Gasteiger partial charge in [0.2, 0.25) is 0 Å². The van der Waals surface area contributed by atoms with Crippen molar-refractivity contribution in [1.29, 1.82) is 0 Å². The number of esters is 1. The fourth-order valence-electron chi connectivity index (χ4n) is 2.74. The predicted octanol–water partition coefficient (Wildman–Crippen LogP) is 2.95. The SMILES string of the molecule is CC(=O)c1ccccc1NC(=O)COC(=O)CC1CCCC1. The van der Waals surface area contributed by atoms with Crippen LogP contribution >= 0.6 is 0 Å². The van der Waals surface area contributed by atoms with Crippen molar-refractivity contribution in [2.75, 3.05) is 11.9 Å². The molecule has 0 bridgehead atoms. The molecule has 1 aromatic rings. The molecule has 1 aliphatic carbocycles. The molecular weight excluding hydrogens is 282 g/mol. The Hall–Kier alpha value is -2.17. The molecule has 118 valence electrons. The highest BCUT2D eigenvalue weighted by molar-refractivity contribution is 6.04. The van der Waals surface area contributed by atoms with E-state index in [1.165, 1.54) is 19.8 Å². The molecule has 1 N–H and O–H groups in total. The van der Waals surface area contributed by atoms with E-state index < -0.39 is 5.91 Å². The van der Waals surface area contributed by atoms with Gasteiger partial charge in [0.15, 0.2) is 12.4 Å². The summed E-state index contributed by atoms with van der Waals surface area (Å²) in [6.07, 6.45) is 4.85. The van der Waals surface area contributed by atoms with Crippen LogP contribution in [0.2, 0.25) is 0 Å². The fraction of sp³-hybridized carbons (Fsp3) is 0.471. The van der Waals surface area contributed by atoms with Gasteiger partial charge in [-0.15, -0.1) is 0 Å². The minimum absolute atomic E-state index is 0.130. The van der Waals surface area contributed by atoms with Crippen LogP contribution in [0.25, 0.3) is 0 Å². The number of hydrogen-bond donors (Lipinski definition) is 1. The first-order valence-electron chi connectivity index (χ1n) is 7.61. The van der Waals surface area contributed by atoms with Gasteiger partial charge in [0, 0.05) is 12.0 Å². The fourth-order valence-corrected chi connectivity index (χ4v) is 2.74. The lowest BCUT2D eigenvalue weighted by Crippen LogP contribution is -2.22. The van der Waals surface area contributed by atoms with E-state index in [0.29, 0.717) is 23.6 Å². The summed E-state index contributed by atoms with van der Waals surface area (Å²) in [5.74, 6) is -0.501. The predicted molar refractivity (Wildman–Crippen MR) is 82.6 cm³/mol. The quantitative estimate of drug-likeness (QED) is 0.648. The van der Waals surface area contributed by atoms with Crippen molar-refractivity contribution < 1.29 is 19.1 Å². The van der Waals surface area contributed by atoms with Crippen molar-refractivity contribution in [1.82, 2.24) is 0 Å². The van der Waals surface area contributed by atoms with Crippen LogP contribution in [-0.4, -0.2) is 24.3 Å². The number of para-hydroxylation sites is 1. The summed E-state index contributed by atoms with van der Waals surface area (Å²) in [6, 6.07) is 6.75. The molecule has 5 heteroatoms. The standard InChI is InChI=1S/C17H21NO4/c1-12(19)14-8-4-5-9-15(14)18-16(20)11-22-17(21)10-13-6-2-3-7-13/h4-5,8-9,13H,2-3,6-7,10-11H2,1H3,(H,18,20). The molecule has 0 saturated heterocycles. The Bertz CT molecular complexity index is 562. The number of benzene rings is 1. The Morgan fingerprint density at radius 3 is 2.55 bits per heavy atom. The molecular formula is C17H21NO4. The first-order chi connectivity index (χ1) is 10.6. The van der Waals surface area contributed by atoms with Gasteiger partial charge in [-0.3, -0.25) is 14.4 Å². The molecule has 0 heterocycles. The first kappa shape index (κ1) is 16.2. The lowest BCUT2D eigenvalue weighted by atomic mass is 10.0. The van der Waals surface area contributed by atoms with Crippen LogP contribution in [0.3, 0.4) is 0 Å². The molecule has 0 aromatic heterocycles. The zero-order chi connectivity index (χ0) is 15.9. The number of ketones is 1. The lowest BCUT2D eigenvalue weighted by Gasteiger charge is -2.11. The van der Waals surface area contributed by atoms with Crippen molar-refractivity contribution >= 4 is 23.3 Å². The van der Waals surface area contributed by atoms with Crippen LogP contribution in [0.4, 0.5) is 5.69 Å². The van der Waals surface area contributed by atoms with E-state index in [2.05, 4.69) is 5.32 Å². The van der Waals surface area contributed by atoms with E-state index in [1.54, 1.807) is 24.3 Å². The van der Waals surface area contributed by atoms with E-state index in [-0.39, 0.29) is 18.4 Å². The van der Waals surface area contributed by atoms with E-state index in [1.807, 2.05) is 0 Å². The highest BCUT2D eigenvalue weighted by Gasteiger charge is 2.20. The van der Waals surface area contributed by atoms with Crippen LogP contribution in [0.15, 0.2) is 24.3 Å². The molecule has 1 fully saturated rings. The maximum Gasteiger partial charge on any atom is 0.306 e. The topological polar surface area (TPSA) is 72.5 Å². The van der Waals surface area contributed by atoms with E-state index in [4.69, 9.17) is 4.74 Å². The second kappa shape index (κ2) is 7.73. The maximum atomic E-state index is 11.8. The number of amides is 1. The molecule has 0 aliphatic heterocycles. The van der Waals surface area contributed by atoms with Gasteiger partial charge < -0.3 is 10.1 Å². The summed E-state index contributed by atoms with van der Waals surface area (Å²) in [6.45, 7) is 1.12. The first-order valence-corrected chi connectivity index (χ1v) is 7.61. The summed E-state index contributed by atoms with van der Waals surface area (Å²) in [5, 5.41) is 2.60. The van der Waals surface area contributed by atoms with E-state index in [9.17, 15) is 14.4 Å². The number of carbonyl (C=O) groups is 3. The van der Waals surface area contributed by atoms with E-state index in [0.717, 1.165) is 12.8 Å². The number of ether oxygens (including phenoxy) is 1. The summed E-state index contributed by atoms with van der Waals surface area (Å²) < 4.78 is 5.00. The number of nitrogens with one attached hydrogen (secondary N) is 1. The summed E-state index contributed by atoms with van der Waals surface area (Å²) in [4.78, 5) is 35.0. The summed E-state index contributed by atoms with van der Waals surface area (Å²) in [7, 11) is 0. The molecule has 1 saturated carbocycles. The van der Waals surface area contributed by atoms with Crippen LogP contribution in [0.1, 0.15) is 49.4 Å². The number of Topliss-reactive ketones (excluding diaryl/α,β-unsaturated/α-hetero) is 1. The minimum Gasteiger partial charge on any atom is -0.456 e. The highest BCUT2D eigenvalue weighted by Crippen LogP contribution is 2.27. The third kappa shape index (κ3) is 4.69. The average Bonchev–Trinajstić information content (AvgIpc) is 2.98. The monoisotopic (exact) mass is 303 g/mol. The molecule has 1 amide bonds. The van der Waals surface area contributed by atoms with Gasteiger partial charge in [-0.1, -0.05) is 25.0 Å². The Morgan fingerprint density at radius 1 is 1.18 bits per heavy atom. The Labute approximate surface area is 130 Å². The molecule has 0 atom stereocenters. The summed E-state index contributed by atoms with van der Waals surface area (Å²) >= 11 is 0. The molecule has 0 spiro atoms.